The van der Waals surface area contributed by atoms with Gasteiger partial charge in [0.15, 0.2) is 11.5 Å². The van der Waals surface area contributed by atoms with E-state index in [1.807, 2.05) is 18.2 Å². The molecule has 1 N–H and O–H groups in total. The number of hydrogen-bond acceptors (Lipinski definition) is 4. The molecule has 1 amide bonds. The van der Waals surface area contributed by atoms with E-state index < -0.39 is 0 Å². The highest BCUT2D eigenvalue weighted by molar-refractivity contribution is 6.32. The third-order valence-electron chi connectivity index (χ3n) is 4.91. The van der Waals surface area contributed by atoms with Crippen LogP contribution in [0.1, 0.15) is 36.8 Å². The predicted molar refractivity (Wildman–Crippen MR) is 118 cm³/mol. The molecule has 1 aliphatic rings. The number of rotatable bonds is 7. The van der Waals surface area contributed by atoms with Gasteiger partial charge in [-0.3, -0.25) is 4.79 Å². The van der Waals surface area contributed by atoms with Crippen LogP contribution in [0.15, 0.2) is 42.0 Å². The largest absolute Gasteiger partial charge is 0.493 e. The molecule has 156 valence electrons. The number of benzene rings is 2. The average molecular weight is 445 g/mol. The number of carbonyl (C=O) groups is 1. The van der Waals surface area contributed by atoms with Crippen molar-refractivity contribution < 1.29 is 14.3 Å². The fourth-order valence-electron chi connectivity index (χ4n) is 3.35. The number of nitriles is 1. The predicted octanol–water partition coefficient (Wildman–Crippen LogP) is 5.55. The summed E-state index contributed by atoms with van der Waals surface area (Å²) in [6.45, 7) is 0.287. The molecule has 0 aliphatic heterocycles. The number of nitrogens with one attached hydrogen (secondary N) is 1. The van der Waals surface area contributed by atoms with Crippen LogP contribution in [0.2, 0.25) is 10.0 Å². The zero-order valence-electron chi connectivity index (χ0n) is 16.6. The first-order valence-electron chi connectivity index (χ1n) is 9.67. The van der Waals surface area contributed by atoms with E-state index in [1.165, 1.54) is 13.2 Å². The molecule has 30 heavy (non-hydrogen) atoms. The Morgan fingerprint density at radius 3 is 2.57 bits per heavy atom. The highest BCUT2D eigenvalue weighted by Crippen LogP contribution is 2.37. The van der Waals surface area contributed by atoms with E-state index in [4.69, 9.17) is 32.7 Å². The molecule has 0 bridgehead atoms. The summed E-state index contributed by atoms with van der Waals surface area (Å²) in [5, 5.41) is 13.3. The zero-order chi connectivity index (χ0) is 21.5. The van der Waals surface area contributed by atoms with Crippen molar-refractivity contribution in [3.8, 4) is 17.6 Å². The number of amides is 1. The van der Waals surface area contributed by atoms with E-state index in [0.29, 0.717) is 27.1 Å². The summed E-state index contributed by atoms with van der Waals surface area (Å²) in [7, 11) is 1.51. The minimum absolute atomic E-state index is 0.0230. The second-order valence-corrected chi connectivity index (χ2v) is 7.92. The number of ether oxygens (including phenoxy) is 2. The van der Waals surface area contributed by atoms with Gasteiger partial charge in [0.1, 0.15) is 18.2 Å². The van der Waals surface area contributed by atoms with Gasteiger partial charge in [0.2, 0.25) is 0 Å². The molecule has 5 nitrogen and oxygen atoms in total. The summed E-state index contributed by atoms with van der Waals surface area (Å²) in [6.07, 6.45) is 5.59. The zero-order valence-corrected chi connectivity index (χ0v) is 18.1. The normalized spacial score (nSPS) is 14.3. The van der Waals surface area contributed by atoms with Crippen molar-refractivity contribution in [2.24, 2.45) is 0 Å². The van der Waals surface area contributed by atoms with Crippen molar-refractivity contribution in [3.05, 3.63) is 63.1 Å². The van der Waals surface area contributed by atoms with Crippen LogP contribution in [0.25, 0.3) is 6.08 Å². The molecule has 0 aromatic heterocycles. The van der Waals surface area contributed by atoms with Crippen molar-refractivity contribution in [1.29, 1.82) is 5.26 Å². The van der Waals surface area contributed by atoms with E-state index in [1.54, 1.807) is 24.3 Å². The van der Waals surface area contributed by atoms with Crippen molar-refractivity contribution in [2.75, 3.05) is 7.11 Å². The minimum atomic E-state index is -0.373. The second-order valence-electron chi connectivity index (χ2n) is 7.07. The lowest BCUT2D eigenvalue weighted by Crippen LogP contribution is -2.33. The van der Waals surface area contributed by atoms with Gasteiger partial charge < -0.3 is 14.8 Å². The molecule has 0 radical (unpaired) electrons. The van der Waals surface area contributed by atoms with Crippen molar-refractivity contribution in [2.45, 2.75) is 38.3 Å². The lowest BCUT2D eigenvalue weighted by Gasteiger charge is -2.14. The van der Waals surface area contributed by atoms with Crippen molar-refractivity contribution in [3.63, 3.8) is 0 Å². The molecule has 0 unspecified atom stereocenters. The van der Waals surface area contributed by atoms with Gasteiger partial charge >= 0.3 is 0 Å². The SMILES string of the molecule is COc1cc(/C=C(/C#N)C(=O)NC2CCCC2)cc(Cl)c1OCc1ccc(Cl)cc1. The Morgan fingerprint density at radius 2 is 1.93 bits per heavy atom. The van der Waals surface area contributed by atoms with Crippen LogP contribution in [0.3, 0.4) is 0 Å². The Hall–Kier alpha value is -2.68. The third-order valence-corrected chi connectivity index (χ3v) is 5.45. The van der Waals surface area contributed by atoms with Gasteiger partial charge in [-0.25, -0.2) is 0 Å². The van der Waals surface area contributed by atoms with E-state index in [9.17, 15) is 10.1 Å². The molecule has 0 atom stereocenters. The van der Waals surface area contributed by atoms with E-state index in [2.05, 4.69) is 5.32 Å². The monoisotopic (exact) mass is 444 g/mol. The Labute approximate surface area is 186 Å². The van der Waals surface area contributed by atoms with Gasteiger partial charge in [0.05, 0.1) is 12.1 Å². The van der Waals surface area contributed by atoms with Gasteiger partial charge in [-0.2, -0.15) is 5.26 Å². The van der Waals surface area contributed by atoms with Crippen LogP contribution in [-0.4, -0.2) is 19.1 Å². The molecular formula is C23H22Cl2N2O3. The second kappa shape index (κ2) is 10.4. The first-order chi connectivity index (χ1) is 14.5. The summed E-state index contributed by atoms with van der Waals surface area (Å²) in [6, 6.07) is 12.7. The molecule has 1 saturated carbocycles. The summed E-state index contributed by atoms with van der Waals surface area (Å²) >= 11 is 12.3. The lowest BCUT2D eigenvalue weighted by atomic mass is 10.1. The smallest absolute Gasteiger partial charge is 0.262 e. The molecule has 7 heteroatoms. The van der Waals surface area contributed by atoms with Crippen LogP contribution in [-0.2, 0) is 11.4 Å². The molecule has 0 heterocycles. The highest BCUT2D eigenvalue weighted by atomic mass is 35.5. The number of halogens is 2. The fraction of sp³-hybridized carbons (Fsp3) is 0.304. The molecule has 2 aromatic rings. The summed E-state index contributed by atoms with van der Waals surface area (Å²) in [5.41, 5.74) is 1.53. The van der Waals surface area contributed by atoms with Crippen LogP contribution in [0.5, 0.6) is 11.5 Å². The molecule has 0 saturated heterocycles. The number of carbonyl (C=O) groups excluding carboxylic acids is 1. The lowest BCUT2D eigenvalue weighted by molar-refractivity contribution is -0.117. The highest BCUT2D eigenvalue weighted by Gasteiger charge is 2.20. The quantitative estimate of drug-likeness (QED) is 0.448. The first kappa shape index (κ1) is 22.0. The Morgan fingerprint density at radius 1 is 1.23 bits per heavy atom. The standard InChI is InChI=1S/C23H22Cl2N2O3/c1-29-21-12-16(10-17(13-26)23(28)27-19-4-2-3-5-19)11-20(25)22(21)30-14-15-6-8-18(24)9-7-15/h6-12,19H,2-5,14H2,1H3,(H,27,28)/b17-10-. The Bertz CT molecular complexity index is 975. The number of hydrogen-bond donors (Lipinski definition) is 1. The van der Waals surface area contributed by atoms with Crippen molar-refractivity contribution in [1.82, 2.24) is 5.32 Å². The topological polar surface area (TPSA) is 71.3 Å². The van der Waals surface area contributed by atoms with Crippen molar-refractivity contribution >= 4 is 35.2 Å². The fourth-order valence-corrected chi connectivity index (χ4v) is 3.75. The maximum absolute atomic E-state index is 12.4. The first-order valence-corrected chi connectivity index (χ1v) is 10.4. The van der Waals surface area contributed by atoms with Crippen LogP contribution in [0, 0.1) is 11.3 Å². The Balaban J connectivity index is 1.77. The van der Waals surface area contributed by atoms with Crippen LogP contribution < -0.4 is 14.8 Å². The molecule has 2 aromatic carbocycles. The van der Waals surface area contributed by atoms with Gasteiger partial charge in [-0.15, -0.1) is 0 Å². The van der Waals surface area contributed by atoms with Crippen LogP contribution in [0.4, 0.5) is 0 Å². The molecule has 1 aliphatic carbocycles. The average Bonchev–Trinajstić information content (AvgIpc) is 3.25. The van der Waals surface area contributed by atoms with E-state index in [0.717, 1.165) is 31.2 Å². The summed E-state index contributed by atoms with van der Waals surface area (Å²) in [4.78, 5) is 12.4. The Kier molecular flexibility index (Phi) is 7.62. The van der Waals surface area contributed by atoms with E-state index in [-0.39, 0.29) is 24.1 Å². The molecule has 0 spiro atoms. The maximum Gasteiger partial charge on any atom is 0.262 e. The maximum atomic E-state index is 12.4. The molecular weight excluding hydrogens is 423 g/mol. The number of nitrogens with zero attached hydrogens (tertiary/aromatic N) is 1. The van der Waals surface area contributed by atoms with E-state index >= 15 is 0 Å². The third kappa shape index (κ3) is 5.69. The van der Waals surface area contributed by atoms with Gasteiger partial charge in [0, 0.05) is 11.1 Å². The minimum Gasteiger partial charge on any atom is -0.493 e. The van der Waals surface area contributed by atoms with Gasteiger partial charge in [0.25, 0.3) is 5.91 Å². The summed E-state index contributed by atoms with van der Waals surface area (Å²) in [5.74, 6) is 0.430. The van der Waals surface area contributed by atoms with Crippen LogP contribution >= 0.6 is 23.2 Å². The summed E-state index contributed by atoms with van der Waals surface area (Å²) < 4.78 is 11.3. The number of methoxy groups -OCH3 is 1. The van der Waals surface area contributed by atoms with Gasteiger partial charge in [-0.05, 0) is 54.3 Å². The molecule has 3 rings (SSSR count). The molecule has 1 fully saturated rings. The van der Waals surface area contributed by atoms with Gasteiger partial charge in [-0.1, -0.05) is 48.2 Å².